The first-order valence-corrected chi connectivity index (χ1v) is 7.84. The molecule has 0 unspecified atom stereocenters. The summed E-state index contributed by atoms with van der Waals surface area (Å²) in [4.78, 5) is 4.59. The van der Waals surface area contributed by atoms with E-state index in [2.05, 4.69) is 23.8 Å². The Labute approximate surface area is 117 Å². The third-order valence-electron chi connectivity index (χ3n) is 4.58. The van der Waals surface area contributed by atoms with Gasteiger partial charge in [0.25, 0.3) is 0 Å². The fourth-order valence-corrected chi connectivity index (χ4v) is 3.34. The van der Waals surface area contributed by atoms with Gasteiger partial charge in [0.05, 0.1) is 0 Å². The minimum Gasteiger partial charge on any atom is -0.367 e. The van der Waals surface area contributed by atoms with E-state index >= 15 is 0 Å². The van der Waals surface area contributed by atoms with Crippen LogP contribution in [0.3, 0.4) is 0 Å². The molecule has 1 aliphatic heterocycles. The molecule has 1 N–H and O–H groups in total. The van der Waals surface area contributed by atoms with Crippen molar-refractivity contribution in [3.8, 4) is 0 Å². The molecule has 2 fully saturated rings. The van der Waals surface area contributed by atoms with E-state index in [1.807, 2.05) is 0 Å². The average Bonchev–Trinajstić information content (AvgIpc) is 2.66. The first-order chi connectivity index (χ1) is 9.18. The number of nitrogens with one attached hydrogen (secondary N) is 1. The van der Waals surface area contributed by atoms with Gasteiger partial charge in [-0.2, -0.15) is 0 Å². The largest absolute Gasteiger partial charge is 0.367 e. The van der Waals surface area contributed by atoms with Crippen LogP contribution < -0.4 is 0 Å². The van der Waals surface area contributed by atoms with E-state index in [0.29, 0.717) is 0 Å². The van der Waals surface area contributed by atoms with Crippen molar-refractivity contribution in [3.63, 3.8) is 0 Å². The topological polar surface area (TPSA) is 39.6 Å². The van der Waals surface area contributed by atoms with Crippen molar-refractivity contribution in [1.29, 1.82) is 5.41 Å². The predicted octanol–water partition coefficient (Wildman–Crippen LogP) is 2.34. The number of likely N-dealkylation sites (N-methyl/N-ethyl adjacent to an activating group) is 1. The molecule has 4 heteroatoms. The number of ether oxygens (including phenoxy) is 1. The lowest BCUT2D eigenvalue weighted by Gasteiger charge is -2.42. The lowest BCUT2D eigenvalue weighted by molar-refractivity contribution is -0.00758. The Morgan fingerprint density at radius 1 is 1.05 bits per heavy atom. The molecule has 0 aromatic rings. The molecule has 1 heterocycles. The number of nitrogens with zero attached hydrogens (tertiary/aromatic N) is 2. The summed E-state index contributed by atoms with van der Waals surface area (Å²) in [5.41, 5.74) is -0.291. The van der Waals surface area contributed by atoms with Gasteiger partial charge < -0.3 is 14.5 Å². The highest BCUT2D eigenvalue weighted by Gasteiger charge is 2.39. The van der Waals surface area contributed by atoms with Crippen molar-refractivity contribution in [2.24, 2.45) is 0 Å². The fraction of sp³-hybridized carbons (Fsp3) is 0.933. The Morgan fingerprint density at radius 3 is 2.16 bits per heavy atom. The Hall–Kier alpha value is -0.610. The Bertz CT molecular complexity index is 290. The highest BCUT2D eigenvalue weighted by Crippen LogP contribution is 2.32. The van der Waals surface area contributed by atoms with E-state index in [1.165, 1.54) is 25.7 Å². The van der Waals surface area contributed by atoms with Crippen LogP contribution >= 0.6 is 0 Å². The Morgan fingerprint density at radius 2 is 1.63 bits per heavy atom. The number of amidine groups is 1. The molecule has 2 aliphatic rings. The zero-order chi connectivity index (χ0) is 13.7. The van der Waals surface area contributed by atoms with Crippen molar-refractivity contribution in [1.82, 2.24) is 9.80 Å². The molecule has 0 aromatic heterocycles. The molecular weight excluding hydrogens is 238 g/mol. The summed E-state index contributed by atoms with van der Waals surface area (Å²) in [5.74, 6) is 0.754. The van der Waals surface area contributed by atoms with E-state index in [0.717, 1.165) is 51.5 Å². The van der Waals surface area contributed by atoms with E-state index in [1.54, 1.807) is 0 Å². The van der Waals surface area contributed by atoms with E-state index in [-0.39, 0.29) is 5.60 Å². The van der Waals surface area contributed by atoms with Crippen LogP contribution in [0, 0.1) is 5.41 Å². The monoisotopic (exact) mass is 267 g/mol. The van der Waals surface area contributed by atoms with Gasteiger partial charge in [-0.3, -0.25) is 5.41 Å². The molecule has 1 aliphatic carbocycles. The fourth-order valence-electron chi connectivity index (χ4n) is 3.34. The number of rotatable bonds is 3. The van der Waals surface area contributed by atoms with Gasteiger partial charge in [-0.1, -0.05) is 25.7 Å². The van der Waals surface area contributed by atoms with Gasteiger partial charge in [0.15, 0.2) is 0 Å². The minimum atomic E-state index is -0.291. The summed E-state index contributed by atoms with van der Waals surface area (Å²) >= 11 is 0. The third-order valence-corrected chi connectivity index (χ3v) is 4.58. The molecule has 110 valence electrons. The van der Waals surface area contributed by atoms with Crippen LogP contribution in [-0.4, -0.2) is 61.1 Å². The molecule has 0 radical (unpaired) electrons. The smallest absolute Gasteiger partial charge is 0.129 e. The minimum absolute atomic E-state index is 0.291. The summed E-state index contributed by atoms with van der Waals surface area (Å²) in [6.07, 6.45) is 7.07. The lowest BCUT2D eigenvalue weighted by atomic mass is 9.91. The summed E-state index contributed by atoms with van der Waals surface area (Å²) < 4.78 is 6.11. The quantitative estimate of drug-likeness (QED) is 0.485. The Balaban J connectivity index is 2.06. The lowest BCUT2D eigenvalue weighted by Crippen LogP contribution is -2.55. The maximum Gasteiger partial charge on any atom is 0.129 e. The average molecular weight is 267 g/mol. The normalized spacial score (nSPS) is 25.1. The van der Waals surface area contributed by atoms with Gasteiger partial charge >= 0.3 is 0 Å². The molecule has 2 rings (SSSR count). The first-order valence-electron chi connectivity index (χ1n) is 7.84. The van der Waals surface area contributed by atoms with Gasteiger partial charge in [0.2, 0.25) is 0 Å². The van der Waals surface area contributed by atoms with E-state index in [9.17, 15) is 0 Å². The molecule has 0 spiro atoms. The third kappa shape index (κ3) is 3.48. The van der Waals surface area contributed by atoms with Crippen molar-refractivity contribution in [2.45, 2.75) is 51.0 Å². The second-order valence-electron chi connectivity index (χ2n) is 5.98. The predicted molar refractivity (Wildman–Crippen MR) is 78.9 cm³/mol. The SMILES string of the molecule is CCOC1(C(=N)N2CCN(C)CC2)CCCCCC1. The number of piperazine rings is 1. The van der Waals surface area contributed by atoms with Crippen molar-refractivity contribution >= 4 is 5.84 Å². The summed E-state index contributed by atoms with van der Waals surface area (Å²) in [6.45, 7) is 6.85. The Kier molecular flexibility index (Phi) is 5.22. The van der Waals surface area contributed by atoms with Gasteiger partial charge in [-0.05, 0) is 26.8 Å². The second-order valence-corrected chi connectivity index (χ2v) is 5.98. The van der Waals surface area contributed by atoms with Crippen molar-refractivity contribution < 1.29 is 4.74 Å². The zero-order valence-corrected chi connectivity index (χ0v) is 12.6. The van der Waals surface area contributed by atoms with Crippen LogP contribution in [0.15, 0.2) is 0 Å². The number of hydrogen-bond acceptors (Lipinski definition) is 3. The molecule has 4 nitrogen and oxygen atoms in total. The summed E-state index contributed by atoms with van der Waals surface area (Å²) in [6, 6.07) is 0. The van der Waals surface area contributed by atoms with Gasteiger partial charge in [-0.25, -0.2) is 0 Å². The number of hydrogen-bond donors (Lipinski definition) is 1. The summed E-state index contributed by atoms with van der Waals surface area (Å²) in [5, 5.41) is 8.67. The van der Waals surface area contributed by atoms with Crippen molar-refractivity contribution in [3.05, 3.63) is 0 Å². The molecular formula is C15H29N3O. The molecule has 1 saturated carbocycles. The maximum absolute atomic E-state index is 8.67. The standard InChI is InChI=1S/C15H29N3O/c1-3-19-15(8-6-4-5-7-9-15)14(16)18-12-10-17(2)11-13-18/h16H,3-13H2,1-2H3. The highest BCUT2D eigenvalue weighted by atomic mass is 16.5. The highest BCUT2D eigenvalue weighted by molar-refractivity contribution is 5.88. The van der Waals surface area contributed by atoms with E-state index in [4.69, 9.17) is 10.1 Å². The zero-order valence-electron chi connectivity index (χ0n) is 12.6. The van der Waals surface area contributed by atoms with E-state index < -0.39 is 0 Å². The summed E-state index contributed by atoms with van der Waals surface area (Å²) in [7, 11) is 2.16. The van der Waals surface area contributed by atoms with Crippen molar-refractivity contribution in [2.75, 3.05) is 39.8 Å². The van der Waals surface area contributed by atoms with Crippen LogP contribution in [0.1, 0.15) is 45.4 Å². The molecule has 0 aromatic carbocycles. The van der Waals surface area contributed by atoms with Crippen LogP contribution in [0.25, 0.3) is 0 Å². The second kappa shape index (κ2) is 6.71. The maximum atomic E-state index is 8.67. The molecule has 19 heavy (non-hydrogen) atoms. The molecule has 0 atom stereocenters. The molecule has 0 amide bonds. The van der Waals surface area contributed by atoms with Crippen LogP contribution in [0.5, 0.6) is 0 Å². The molecule has 0 bridgehead atoms. The first kappa shape index (κ1) is 14.8. The molecule has 1 saturated heterocycles. The van der Waals surface area contributed by atoms with Gasteiger partial charge in [0, 0.05) is 32.8 Å². The van der Waals surface area contributed by atoms with Crippen LogP contribution in [-0.2, 0) is 4.74 Å². The van der Waals surface area contributed by atoms with Crippen LogP contribution in [0.2, 0.25) is 0 Å². The van der Waals surface area contributed by atoms with Crippen LogP contribution in [0.4, 0.5) is 0 Å². The van der Waals surface area contributed by atoms with Gasteiger partial charge in [0.1, 0.15) is 11.4 Å². The van der Waals surface area contributed by atoms with Gasteiger partial charge in [-0.15, -0.1) is 0 Å².